The molecule has 1 saturated heterocycles. The number of amides is 1. The van der Waals surface area contributed by atoms with Gasteiger partial charge in [-0.1, -0.05) is 12.8 Å². The van der Waals surface area contributed by atoms with E-state index in [-0.39, 0.29) is 11.9 Å². The minimum absolute atomic E-state index is 0.123. The minimum Gasteiger partial charge on any atom is -0.341 e. The van der Waals surface area contributed by atoms with Crippen molar-refractivity contribution in [3.8, 4) is 0 Å². The van der Waals surface area contributed by atoms with Crippen LogP contribution in [0.15, 0.2) is 5.38 Å². The molecule has 19 heavy (non-hydrogen) atoms. The van der Waals surface area contributed by atoms with E-state index in [0.717, 1.165) is 36.6 Å². The second-order valence-electron chi connectivity index (χ2n) is 5.22. The maximum Gasteiger partial charge on any atom is 0.239 e. The summed E-state index contributed by atoms with van der Waals surface area (Å²) < 4.78 is 0. The largest absolute Gasteiger partial charge is 0.341 e. The average Bonchev–Trinajstić information content (AvgIpc) is 2.67. The predicted molar refractivity (Wildman–Crippen MR) is 78.2 cm³/mol. The molecular formula is C14H23N3OS. The van der Waals surface area contributed by atoms with Crippen molar-refractivity contribution in [3.05, 3.63) is 16.1 Å². The number of nitrogens with one attached hydrogen (secondary N) is 1. The standard InChI is InChI=1S/C14H23N3OS/c1-11-10-19-13(16-11)9-15-12(2)14(18)17-7-5-3-4-6-8-17/h10,12,15H,3-9H2,1-2H3. The van der Waals surface area contributed by atoms with E-state index in [1.54, 1.807) is 11.3 Å². The van der Waals surface area contributed by atoms with E-state index in [2.05, 4.69) is 10.3 Å². The predicted octanol–water partition coefficient (Wildman–Crippen LogP) is 2.33. The Hall–Kier alpha value is -0.940. The van der Waals surface area contributed by atoms with Crippen molar-refractivity contribution in [2.45, 2.75) is 52.1 Å². The number of hydrogen-bond acceptors (Lipinski definition) is 4. The highest BCUT2D eigenvalue weighted by Gasteiger charge is 2.21. The fourth-order valence-corrected chi connectivity index (χ4v) is 3.10. The number of rotatable bonds is 4. The molecule has 0 aliphatic carbocycles. The molecule has 1 amide bonds. The molecule has 0 bridgehead atoms. The lowest BCUT2D eigenvalue weighted by molar-refractivity contribution is -0.133. The molecule has 1 atom stereocenters. The Balaban J connectivity index is 1.81. The van der Waals surface area contributed by atoms with Gasteiger partial charge in [0.25, 0.3) is 0 Å². The molecule has 4 nitrogen and oxygen atoms in total. The molecule has 0 aromatic carbocycles. The fourth-order valence-electron chi connectivity index (χ4n) is 2.38. The number of likely N-dealkylation sites (tertiary alicyclic amines) is 1. The van der Waals surface area contributed by atoms with E-state index < -0.39 is 0 Å². The van der Waals surface area contributed by atoms with Crippen molar-refractivity contribution in [3.63, 3.8) is 0 Å². The van der Waals surface area contributed by atoms with E-state index in [0.29, 0.717) is 6.54 Å². The lowest BCUT2D eigenvalue weighted by Gasteiger charge is -2.24. The van der Waals surface area contributed by atoms with Crippen molar-refractivity contribution in [2.75, 3.05) is 13.1 Å². The van der Waals surface area contributed by atoms with Crippen LogP contribution in [0.25, 0.3) is 0 Å². The molecule has 1 aliphatic rings. The van der Waals surface area contributed by atoms with Crippen LogP contribution in [-0.4, -0.2) is 34.9 Å². The average molecular weight is 281 g/mol. The Morgan fingerprint density at radius 3 is 2.68 bits per heavy atom. The van der Waals surface area contributed by atoms with E-state index in [1.165, 1.54) is 12.8 Å². The molecule has 1 aliphatic heterocycles. The van der Waals surface area contributed by atoms with Gasteiger partial charge in [-0.15, -0.1) is 11.3 Å². The second-order valence-corrected chi connectivity index (χ2v) is 6.17. The fraction of sp³-hybridized carbons (Fsp3) is 0.714. The van der Waals surface area contributed by atoms with Crippen molar-refractivity contribution in [2.24, 2.45) is 0 Å². The second kappa shape index (κ2) is 7.01. The Labute approximate surface area is 119 Å². The smallest absolute Gasteiger partial charge is 0.239 e. The summed E-state index contributed by atoms with van der Waals surface area (Å²) in [6, 6.07) is -0.123. The number of carbonyl (C=O) groups is 1. The third kappa shape index (κ3) is 4.28. The van der Waals surface area contributed by atoms with Gasteiger partial charge in [0.15, 0.2) is 0 Å². The van der Waals surface area contributed by atoms with Crippen LogP contribution in [-0.2, 0) is 11.3 Å². The van der Waals surface area contributed by atoms with Crippen LogP contribution in [0.1, 0.15) is 43.3 Å². The van der Waals surface area contributed by atoms with Crippen molar-refractivity contribution < 1.29 is 4.79 Å². The topological polar surface area (TPSA) is 45.2 Å². The highest BCUT2D eigenvalue weighted by atomic mass is 32.1. The number of thiazole rings is 1. The van der Waals surface area contributed by atoms with Gasteiger partial charge in [0.2, 0.25) is 5.91 Å². The third-order valence-electron chi connectivity index (χ3n) is 3.51. The Bertz CT molecular complexity index is 411. The molecule has 0 saturated carbocycles. The van der Waals surface area contributed by atoms with Crippen LogP contribution in [0.2, 0.25) is 0 Å². The Morgan fingerprint density at radius 2 is 2.11 bits per heavy atom. The molecule has 1 unspecified atom stereocenters. The molecular weight excluding hydrogens is 258 g/mol. The number of nitrogens with zero attached hydrogens (tertiary/aromatic N) is 2. The Kier molecular flexibility index (Phi) is 5.34. The van der Waals surface area contributed by atoms with E-state index in [4.69, 9.17) is 0 Å². The van der Waals surface area contributed by atoms with Gasteiger partial charge in [-0.3, -0.25) is 10.1 Å². The Morgan fingerprint density at radius 1 is 1.42 bits per heavy atom. The third-order valence-corrected chi connectivity index (χ3v) is 4.48. The van der Waals surface area contributed by atoms with Gasteiger partial charge in [0.05, 0.1) is 6.04 Å². The van der Waals surface area contributed by atoms with Gasteiger partial charge >= 0.3 is 0 Å². The maximum atomic E-state index is 12.3. The first-order valence-electron chi connectivity index (χ1n) is 7.10. The highest BCUT2D eigenvalue weighted by Crippen LogP contribution is 2.12. The van der Waals surface area contributed by atoms with Gasteiger partial charge < -0.3 is 4.90 Å². The summed E-state index contributed by atoms with van der Waals surface area (Å²) >= 11 is 1.64. The summed E-state index contributed by atoms with van der Waals surface area (Å²) in [6.45, 7) is 6.46. The van der Waals surface area contributed by atoms with Crippen LogP contribution in [0.4, 0.5) is 0 Å². The van der Waals surface area contributed by atoms with E-state index in [9.17, 15) is 4.79 Å². The number of hydrogen-bond donors (Lipinski definition) is 1. The molecule has 1 aromatic rings. The molecule has 5 heteroatoms. The lowest BCUT2D eigenvalue weighted by Crippen LogP contribution is -2.45. The molecule has 2 rings (SSSR count). The summed E-state index contributed by atoms with van der Waals surface area (Å²) in [5.74, 6) is 0.232. The lowest BCUT2D eigenvalue weighted by atomic mass is 10.2. The molecule has 0 spiro atoms. The van der Waals surface area contributed by atoms with Crippen LogP contribution in [0.3, 0.4) is 0 Å². The van der Waals surface area contributed by atoms with E-state index >= 15 is 0 Å². The normalized spacial score (nSPS) is 18.1. The van der Waals surface area contributed by atoms with Gasteiger partial charge in [-0.25, -0.2) is 4.98 Å². The zero-order chi connectivity index (χ0) is 13.7. The van der Waals surface area contributed by atoms with Crippen molar-refractivity contribution >= 4 is 17.2 Å². The summed E-state index contributed by atoms with van der Waals surface area (Å²) in [5, 5.41) is 6.38. The first kappa shape index (κ1) is 14.5. The van der Waals surface area contributed by atoms with Crippen molar-refractivity contribution in [1.82, 2.24) is 15.2 Å². The minimum atomic E-state index is -0.123. The van der Waals surface area contributed by atoms with Gasteiger partial charge in [-0.2, -0.15) is 0 Å². The number of carbonyl (C=O) groups excluding carboxylic acids is 1. The van der Waals surface area contributed by atoms with Gasteiger partial charge in [0, 0.05) is 30.7 Å². The van der Waals surface area contributed by atoms with Gasteiger partial charge in [-0.05, 0) is 26.7 Å². The first-order chi connectivity index (χ1) is 9.16. The van der Waals surface area contributed by atoms with E-state index in [1.807, 2.05) is 24.1 Å². The monoisotopic (exact) mass is 281 g/mol. The highest BCUT2D eigenvalue weighted by molar-refractivity contribution is 7.09. The maximum absolute atomic E-state index is 12.3. The SMILES string of the molecule is Cc1csc(CNC(C)C(=O)N2CCCCCC2)n1. The quantitative estimate of drug-likeness (QED) is 0.921. The van der Waals surface area contributed by atoms with Crippen LogP contribution < -0.4 is 5.32 Å². The molecule has 1 aromatic heterocycles. The summed E-state index contributed by atoms with van der Waals surface area (Å²) in [5.41, 5.74) is 1.05. The van der Waals surface area contributed by atoms with Crippen LogP contribution >= 0.6 is 11.3 Å². The van der Waals surface area contributed by atoms with Gasteiger partial charge in [0.1, 0.15) is 5.01 Å². The molecule has 1 N–H and O–H groups in total. The molecule has 2 heterocycles. The first-order valence-corrected chi connectivity index (χ1v) is 7.98. The molecule has 0 radical (unpaired) electrons. The molecule has 106 valence electrons. The summed E-state index contributed by atoms with van der Waals surface area (Å²) in [6.07, 6.45) is 4.79. The number of aryl methyl sites for hydroxylation is 1. The zero-order valence-corrected chi connectivity index (χ0v) is 12.6. The van der Waals surface area contributed by atoms with Crippen LogP contribution in [0.5, 0.6) is 0 Å². The summed E-state index contributed by atoms with van der Waals surface area (Å²) in [7, 11) is 0. The molecule has 1 fully saturated rings. The van der Waals surface area contributed by atoms with Crippen molar-refractivity contribution in [1.29, 1.82) is 0 Å². The summed E-state index contributed by atoms with van der Waals surface area (Å²) in [4.78, 5) is 18.7. The number of aromatic nitrogens is 1. The zero-order valence-electron chi connectivity index (χ0n) is 11.8. The van der Waals surface area contributed by atoms with Crippen LogP contribution in [0, 0.1) is 6.92 Å².